The molecule has 0 N–H and O–H groups in total. The van der Waals surface area contributed by atoms with Crippen molar-refractivity contribution in [3.8, 4) is 5.75 Å². The maximum atomic E-state index is 6.41. The van der Waals surface area contributed by atoms with Gasteiger partial charge in [0.2, 0.25) is 8.32 Å². The molecular weight excluding hydrogens is 296 g/mol. The van der Waals surface area contributed by atoms with Gasteiger partial charge in [0, 0.05) is 0 Å². The van der Waals surface area contributed by atoms with Gasteiger partial charge in [0.25, 0.3) is 0 Å². The first-order valence-corrected chi connectivity index (χ1v) is 11.5. The molecule has 2 heteroatoms. The Morgan fingerprint density at radius 1 is 0.826 bits per heavy atom. The summed E-state index contributed by atoms with van der Waals surface area (Å²) in [6.45, 7) is 11.4. The Balaban J connectivity index is 1.95. The molecule has 124 valence electrons. The molecule has 0 atom stereocenters. The Kier molecular flexibility index (Phi) is 5.69. The maximum absolute atomic E-state index is 6.41. The average Bonchev–Trinajstić information content (AvgIpc) is 2.47. The molecule has 0 saturated heterocycles. The SMILES string of the molecule is CC(C)(C)[Si](C)(C)Oc1cccc(CCCc2ccccc2)c1. The second-order valence-corrected chi connectivity index (χ2v) is 12.6. The van der Waals surface area contributed by atoms with E-state index in [1.807, 2.05) is 0 Å². The van der Waals surface area contributed by atoms with Crippen LogP contribution >= 0.6 is 0 Å². The molecule has 0 spiro atoms. The number of aryl methyl sites for hydroxylation is 2. The zero-order chi connectivity index (χ0) is 16.9. The highest BCUT2D eigenvalue weighted by Gasteiger charge is 2.38. The molecule has 23 heavy (non-hydrogen) atoms. The molecule has 2 aromatic carbocycles. The lowest BCUT2D eigenvalue weighted by atomic mass is 10.0. The Hall–Kier alpha value is -1.54. The van der Waals surface area contributed by atoms with Crippen LogP contribution in [0, 0.1) is 0 Å². The van der Waals surface area contributed by atoms with Crippen LogP contribution in [0.25, 0.3) is 0 Å². The van der Waals surface area contributed by atoms with Crippen molar-refractivity contribution in [2.45, 2.75) is 58.2 Å². The van der Waals surface area contributed by atoms with Gasteiger partial charge < -0.3 is 4.43 Å². The van der Waals surface area contributed by atoms with E-state index in [0.29, 0.717) is 0 Å². The first-order chi connectivity index (χ1) is 10.8. The summed E-state index contributed by atoms with van der Waals surface area (Å²) in [6, 6.07) is 19.4. The van der Waals surface area contributed by atoms with Crippen LogP contribution in [0.3, 0.4) is 0 Å². The van der Waals surface area contributed by atoms with Crippen molar-refractivity contribution in [3.63, 3.8) is 0 Å². The fourth-order valence-electron chi connectivity index (χ4n) is 2.35. The standard InChI is InChI=1S/C21H30OSi/c1-21(2,3)23(4,5)22-20-16-10-15-19(17-20)14-9-13-18-11-7-6-8-12-18/h6-8,10-12,15-17H,9,13-14H2,1-5H3. The van der Waals surface area contributed by atoms with Gasteiger partial charge in [-0.1, -0.05) is 63.2 Å². The summed E-state index contributed by atoms with van der Waals surface area (Å²) in [5, 5.41) is 0.232. The summed E-state index contributed by atoms with van der Waals surface area (Å²) in [4.78, 5) is 0. The number of hydrogen-bond acceptors (Lipinski definition) is 1. The quantitative estimate of drug-likeness (QED) is 0.570. The Morgan fingerprint density at radius 3 is 2.09 bits per heavy atom. The fraction of sp³-hybridized carbons (Fsp3) is 0.429. The molecule has 0 radical (unpaired) electrons. The van der Waals surface area contributed by atoms with Gasteiger partial charge in [-0.3, -0.25) is 0 Å². The monoisotopic (exact) mass is 326 g/mol. The first kappa shape index (κ1) is 17.8. The predicted octanol–water partition coefficient (Wildman–Crippen LogP) is 6.25. The maximum Gasteiger partial charge on any atom is 0.250 e. The summed E-state index contributed by atoms with van der Waals surface area (Å²) >= 11 is 0. The first-order valence-electron chi connectivity index (χ1n) is 8.60. The minimum Gasteiger partial charge on any atom is -0.543 e. The lowest BCUT2D eigenvalue weighted by Gasteiger charge is -2.36. The Morgan fingerprint density at radius 2 is 1.43 bits per heavy atom. The summed E-state index contributed by atoms with van der Waals surface area (Å²) < 4.78 is 6.41. The van der Waals surface area contributed by atoms with Gasteiger partial charge in [0.05, 0.1) is 0 Å². The molecule has 0 amide bonds. The molecule has 2 rings (SSSR count). The van der Waals surface area contributed by atoms with Gasteiger partial charge in [0.1, 0.15) is 5.75 Å². The Bertz CT molecular complexity index is 611. The topological polar surface area (TPSA) is 9.23 Å². The van der Waals surface area contributed by atoms with Crippen LogP contribution in [0.5, 0.6) is 5.75 Å². The molecule has 2 aromatic rings. The fourth-order valence-corrected chi connectivity index (χ4v) is 3.38. The van der Waals surface area contributed by atoms with Crippen molar-refractivity contribution in [3.05, 3.63) is 65.7 Å². The van der Waals surface area contributed by atoms with Crippen LogP contribution < -0.4 is 4.43 Å². The van der Waals surface area contributed by atoms with E-state index in [4.69, 9.17) is 4.43 Å². The summed E-state index contributed by atoms with van der Waals surface area (Å²) in [7, 11) is -1.75. The Labute approximate surface area is 142 Å². The van der Waals surface area contributed by atoms with E-state index < -0.39 is 8.32 Å². The van der Waals surface area contributed by atoms with Crippen LogP contribution in [-0.2, 0) is 12.8 Å². The largest absolute Gasteiger partial charge is 0.543 e. The molecule has 0 bridgehead atoms. The van der Waals surface area contributed by atoms with Crippen molar-refractivity contribution in [2.24, 2.45) is 0 Å². The molecule has 0 aliphatic rings. The van der Waals surface area contributed by atoms with Gasteiger partial charge >= 0.3 is 0 Å². The second-order valence-electron chi connectivity index (χ2n) is 7.85. The second kappa shape index (κ2) is 7.35. The van der Waals surface area contributed by atoms with Crippen molar-refractivity contribution in [2.75, 3.05) is 0 Å². The van der Waals surface area contributed by atoms with E-state index in [0.717, 1.165) is 18.6 Å². The summed E-state index contributed by atoms with van der Waals surface area (Å²) in [5.41, 5.74) is 2.79. The number of benzene rings is 2. The third-order valence-corrected chi connectivity index (χ3v) is 9.21. The smallest absolute Gasteiger partial charge is 0.250 e. The molecule has 0 heterocycles. The van der Waals surface area contributed by atoms with Crippen molar-refractivity contribution in [1.29, 1.82) is 0 Å². The molecule has 0 saturated carbocycles. The third-order valence-electron chi connectivity index (χ3n) is 4.85. The average molecular weight is 327 g/mol. The van der Waals surface area contributed by atoms with Gasteiger partial charge in [-0.05, 0) is 60.7 Å². The van der Waals surface area contributed by atoms with Crippen LogP contribution in [-0.4, -0.2) is 8.32 Å². The zero-order valence-corrected chi connectivity index (χ0v) is 16.2. The lowest BCUT2D eigenvalue weighted by Crippen LogP contribution is -2.43. The highest BCUT2D eigenvalue weighted by atomic mass is 28.4. The molecule has 0 aliphatic heterocycles. The van der Waals surface area contributed by atoms with Crippen LogP contribution in [0.1, 0.15) is 38.3 Å². The number of rotatable bonds is 6. The van der Waals surface area contributed by atoms with E-state index in [1.54, 1.807) is 0 Å². The van der Waals surface area contributed by atoms with Gasteiger partial charge in [-0.15, -0.1) is 0 Å². The number of hydrogen-bond donors (Lipinski definition) is 0. The van der Waals surface area contributed by atoms with Crippen molar-refractivity contribution < 1.29 is 4.43 Å². The molecule has 0 aliphatic carbocycles. The van der Waals surface area contributed by atoms with E-state index in [1.165, 1.54) is 17.5 Å². The molecule has 0 unspecified atom stereocenters. The minimum absolute atomic E-state index is 0.232. The van der Waals surface area contributed by atoms with Crippen LogP contribution in [0.15, 0.2) is 54.6 Å². The summed E-state index contributed by atoms with van der Waals surface area (Å²) in [6.07, 6.45) is 3.41. The highest BCUT2D eigenvalue weighted by Crippen LogP contribution is 2.37. The third kappa shape index (κ3) is 5.24. The van der Waals surface area contributed by atoms with Gasteiger partial charge in [-0.2, -0.15) is 0 Å². The van der Waals surface area contributed by atoms with Crippen molar-refractivity contribution in [1.82, 2.24) is 0 Å². The van der Waals surface area contributed by atoms with Gasteiger partial charge in [-0.25, -0.2) is 0 Å². The summed E-state index contributed by atoms with van der Waals surface area (Å²) in [5.74, 6) is 1.04. The lowest BCUT2D eigenvalue weighted by molar-refractivity contribution is 0.491. The highest BCUT2D eigenvalue weighted by molar-refractivity contribution is 6.74. The van der Waals surface area contributed by atoms with Gasteiger partial charge in [0.15, 0.2) is 0 Å². The van der Waals surface area contributed by atoms with Crippen molar-refractivity contribution >= 4 is 8.32 Å². The molecule has 1 nitrogen and oxygen atoms in total. The van der Waals surface area contributed by atoms with E-state index in [9.17, 15) is 0 Å². The molecule has 0 aromatic heterocycles. The molecular formula is C21H30OSi. The van der Waals surface area contributed by atoms with E-state index in [-0.39, 0.29) is 5.04 Å². The van der Waals surface area contributed by atoms with E-state index in [2.05, 4.69) is 88.5 Å². The minimum atomic E-state index is -1.75. The predicted molar refractivity (Wildman–Crippen MR) is 103 cm³/mol. The van der Waals surface area contributed by atoms with Crippen LogP contribution in [0.4, 0.5) is 0 Å². The molecule has 0 fully saturated rings. The normalized spacial score (nSPS) is 12.2. The van der Waals surface area contributed by atoms with Crippen LogP contribution in [0.2, 0.25) is 18.1 Å². The zero-order valence-electron chi connectivity index (χ0n) is 15.2. The van der Waals surface area contributed by atoms with E-state index >= 15 is 0 Å².